The summed E-state index contributed by atoms with van der Waals surface area (Å²) in [5, 5.41) is 14.5. The van der Waals surface area contributed by atoms with Crippen molar-refractivity contribution < 1.29 is 8.42 Å². The maximum atomic E-state index is 11.2. The molecular weight excluding hydrogens is 408 g/mol. The van der Waals surface area contributed by atoms with E-state index in [4.69, 9.17) is 5.14 Å². The molecule has 6 nitrogen and oxygen atoms in total. The van der Waals surface area contributed by atoms with E-state index < -0.39 is 10.2 Å². The minimum atomic E-state index is -3.81. The molecule has 0 aliphatic carbocycles. The number of aromatic nitrogens is 2. The predicted molar refractivity (Wildman–Crippen MR) is 125 cm³/mol. The van der Waals surface area contributed by atoms with Gasteiger partial charge in [0.15, 0.2) is 0 Å². The number of aryl methyl sites for hydroxylation is 1. The van der Waals surface area contributed by atoms with Gasteiger partial charge in [0.1, 0.15) is 0 Å². The third kappa shape index (κ3) is 3.76. The number of benzene rings is 4. The van der Waals surface area contributed by atoms with Gasteiger partial charge in [0.05, 0.1) is 17.1 Å². The number of anilines is 1. The van der Waals surface area contributed by atoms with E-state index in [1.165, 1.54) is 16.2 Å². The summed E-state index contributed by atoms with van der Waals surface area (Å²) < 4.78 is 26.6. The molecular formula is C24H20N4O2S. The normalized spacial score (nSPS) is 11.8. The quantitative estimate of drug-likeness (QED) is 0.404. The number of nitrogens with two attached hydrogens (primary N) is 1. The van der Waals surface area contributed by atoms with E-state index >= 15 is 0 Å². The van der Waals surface area contributed by atoms with E-state index in [0.29, 0.717) is 5.69 Å². The highest BCUT2D eigenvalue weighted by atomic mass is 32.2. The molecule has 5 aromatic rings. The molecule has 0 aliphatic rings. The first kappa shape index (κ1) is 19.3. The summed E-state index contributed by atoms with van der Waals surface area (Å²) in [5.41, 5.74) is 4.12. The molecule has 0 radical (unpaired) electrons. The molecule has 4 aromatic carbocycles. The summed E-state index contributed by atoms with van der Waals surface area (Å²) in [5.74, 6) is 0. The Morgan fingerprint density at radius 3 is 2.32 bits per heavy atom. The van der Waals surface area contributed by atoms with Gasteiger partial charge in [-0.1, -0.05) is 48.5 Å². The maximum absolute atomic E-state index is 11.2. The Kier molecular flexibility index (Phi) is 4.50. The van der Waals surface area contributed by atoms with Gasteiger partial charge in [0.2, 0.25) is 0 Å². The number of nitrogens with zero attached hydrogens (tertiary/aromatic N) is 2. The monoisotopic (exact) mass is 428 g/mol. The summed E-state index contributed by atoms with van der Waals surface area (Å²) in [6.45, 7) is 1.95. The third-order valence-corrected chi connectivity index (χ3v) is 5.76. The lowest BCUT2D eigenvalue weighted by Crippen LogP contribution is -2.21. The summed E-state index contributed by atoms with van der Waals surface area (Å²) in [7, 11) is -3.81. The molecule has 154 valence electrons. The molecule has 7 heteroatoms. The second-order valence-electron chi connectivity index (χ2n) is 7.50. The fourth-order valence-corrected chi connectivity index (χ4v) is 4.37. The predicted octanol–water partition coefficient (Wildman–Crippen LogP) is 4.77. The van der Waals surface area contributed by atoms with Gasteiger partial charge in [-0.05, 0) is 64.9 Å². The molecule has 0 atom stereocenters. The Balaban J connectivity index is 1.59. The van der Waals surface area contributed by atoms with Crippen LogP contribution in [0.25, 0.3) is 38.5 Å². The topological polar surface area (TPSA) is 90.0 Å². The average molecular weight is 429 g/mol. The Hall–Kier alpha value is -3.68. The van der Waals surface area contributed by atoms with Crippen molar-refractivity contribution >= 4 is 37.4 Å². The van der Waals surface area contributed by atoms with Crippen molar-refractivity contribution in [2.75, 3.05) is 4.72 Å². The van der Waals surface area contributed by atoms with E-state index in [9.17, 15) is 8.42 Å². The molecule has 3 N–H and O–H groups in total. The molecule has 31 heavy (non-hydrogen) atoms. The van der Waals surface area contributed by atoms with Crippen LogP contribution in [-0.2, 0) is 10.2 Å². The Morgan fingerprint density at radius 2 is 1.55 bits per heavy atom. The Morgan fingerprint density at radius 1 is 0.839 bits per heavy atom. The lowest BCUT2D eigenvalue weighted by atomic mass is 9.99. The fourth-order valence-electron chi connectivity index (χ4n) is 3.91. The van der Waals surface area contributed by atoms with Gasteiger partial charge in [-0.2, -0.15) is 13.5 Å². The number of fused-ring (bicyclic) bond motifs is 3. The molecule has 0 fully saturated rings. The van der Waals surface area contributed by atoms with Crippen LogP contribution in [0.15, 0.2) is 84.9 Å². The molecule has 0 amide bonds. The van der Waals surface area contributed by atoms with Gasteiger partial charge >= 0.3 is 0 Å². The van der Waals surface area contributed by atoms with Crippen LogP contribution in [0.5, 0.6) is 0 Å². The molecule has 1 aromatic heterocycles. The first-order valence-corrected chi connectivity index (χ1v) is 11.3. The van der Waals surface area contributed by atoms with Crippen molar-refractivity contribution in [3.63, 3.8) is 0 Å². The summed E-state index contributed by atoms with van der Waals surface area (Å²) in [6.07, 6.45) is 0. The number of hydrogen-bond donors (Lipinski definition) is 2. The molecule has 0 spiro atoms. The molecule has 1 heterocycles. The highest BCUT2D eigenvalue weighted by molar-refractivity contribution is 7.90. The smallest absolute Gasteiger partial charge is 0.271 e. The van der Waals surface area contributed by atoms with Crippen LogP contribution in [0.2, 0.25) is 0 Å². The number of rotatable bonds is 4. The van der Waals surface area contributed by atoms with E-state index in [0.717, 1.165) is 28.0 Å². The lowest BCUT2D eigenvalue weighted by molar-refractivity contribution is 0.603. The minimum absolute atomic E-state index is 0.397. The van der Waals surface area contributed by atoms with Gasteiger partial charge in [0.25, 0.3) is 10.2 Å². The van der Waals surface area contributed by atoms with Crippen molar-refractivity contribution in [2.45, 2.75) is 6.92 Å². The van der Waals surface area contributed by atoms with Crippen molar-refractivity contribution in [3.05, 3.63) is 90.6 Å². The largest absolute Gasteiger partial charge is 0.296 e. The number of hydrogen-bond acceptors (Lipinski definition) is 3. The van der Waals surface area contributed by atoms with Crippen LogP contribution < -0.4 is 9.86 Å². The first-order valence-electron chi connectivity index (χ1n) is 9.77. The Bertz CT molecular complexity index is 1540. The van der Waals surface area contributed by atoms with Crippen LogP contribution in [0.4, 0.5) is 5.69 Å². The van der Waals surface area contributed by atoms with E-state index in [1.54, 1.807) is 24.3 Å². The fraction of sp³-hybridized carbons (Fsp3) is 0.0417. The van der Waals surface area contributed by atoms with Crippen LogP contribution >= 0.6 is 0 Å². The SMILES string of the molecule is Cc1cc(-c2ccc3c(ccc4ccccc43)c2)n(-c2ccc(NS(N)(=O)=O)cc2)n1. The maximum Gasteiger partial charge on any atom is 0.296 e. The van der Waals surface area contributed by atoms with Crippen LogP contribution in [0.1, 0.15) is 5.69 Å². The highest BCUT2D eigenvalue weighted by Gasteiger charge is 2.12. The van der Waals surface area contributed by atoms with E-state index in [1.807, 2.05) is 23.7 Å². The zero-order chi connectivity index (χ0) is 21.6. The van der Waals surface area contributed by atoms with Crippen molar-refractivity contribution in [1.29, 1.82) is 0 Å². The van der Waals surface area contributed by atoms with Gasteiger partial charge < -0.3 is 0 Å². The summed E-state index contributed by atoms with van der Waals surface area (Å²) in [4.78, 5) is 0. The van der Waals surface area contributed by atoms with Crippen molar-refractivity contribution in [1.82, 2.24) is 9.78 Å². The second kappa shape index (κ2) is 7.23. The molecule has 0 bridgehead atoms. The zero-order valence-corrected chi connectivity index (χ0v) is 17.6. The summed E-state index contributed by atoms with van der Waals surface area (Å²) in [6, 6.07) is 28.1. The lowest BCUT2D eigenvalue weighted by Gasteiger charge is -2.11. The van der Waals surface area contributed by atoms with Crippen LogP contribution in [0.3, 0.4) is 0 Å². The number of nitrogens with one attached hydrogen (secondary N) is 1. The molecule has 0 unspecified atom stereocenters. The van der Waals surface area contributed by atoms with E-state index in [2.05, 4.69) is 58.4 Å². The second-order valence-corrected chi connectivity index (χ2v) is 8.79. The third-order valence-electron chi connectivity index (χ3n) is 5.24. The van der Waals surface area contributed by atoms with E-state index in [-0.39, 0.29) is 0 Å². The first-order chi connectivity index (χ1) is 14.9. The minimum Gasteiger partial charge on any atom is -0.271 e. The van der Waals surface area contributed by atoms with Gasteiger partial charge in [-0.25, -0.2) is 9.82 Å². The molecule has 0 saturated heterocycles. The zero-order valence-electron chi connectivity index (χ0n) is 16.8. The van der Waals surface area contributed by atoms with Gasteiger partial charge in [-0.3, -0.25) is 4.72 Å². The van der Waals surface area contributed by atoms with Crippen molar-refractivity contribution in [2.24, 2.45) is 5.14 Å². The summed E-state index contributed by atoms with van der Waals surface area (Å²) >= 11 is 0. The van der Waals surface area contributed by atoms with Crippen molar-refractivity contribution in [3.8, 4) is 16.9 Å². The Labute approximate surface area is 180 Å². The van der Waals surface area contributed by atoms with Gasteiger partial charge in [0, 0.05) is 11.3 Å². The molecule has 5 rings (SSSR count). The average Bonchev–Trinajstić information content (AvgIpc) is 3.14. The van der Waals surface area contributed by atoms with Crippen LogP contribution in [-0.4, -0.2) is 18.2 Å². The molecule has 0 aliphatic heterocycles. The highest BCUT2D eigenvalue weighted by Crippen LogP contribution is 2.31. The van der Waals surface area contributed by atoms with Crippen LogP contribution in [0, 0.1) is 6.92 Å². The standard InChI is InChI=1S/C24H20N4O2S/c1-16-14-24(28(26-16)21-11-9-20(10-12-21)27-31(25,29)30)19-8-13-23-18(15-19)7-6-17-4-2-3-5-22(17)23/h2-15,27H,1H3,(H2,25,29,30). The molecule has 0 saturated carbocycles. The van der Waals surface area contributed by atoms with Gasteiger partial charge in [-0.15, -0.1) is 0 Å².